The van der Waals surface area contributed by atoms with Crippen molar-refractivity contribution >= 4 is 17.5 Å². The Balaban J connectivity index is 1.79. The summed E-state index contributed by atoms with van der Waals surface area (Å²) >= 11 is 0. The highest BCUT2D eigenvalue weighted by Crippen LogP contribution is 2.52. The Hall–Kier alpha value is -1.98. The Labute approximate surface area is 115 Å². The molecule has 0 saturated carbocycles. The molecule has 2 fully saturated rings. The van der Waals surface area contributed by atoms with Gasteiger partial charge in [-0.2, -0.15) is 0 Å². The number of fused-ring (bicyclic) bond motifs is 5. The van der Waals surface area contributed by atoms with Gasteiger partial charge in [0.15, 0.2) is 0 Å². The second-order valence-corrected chi connectivity index (χ2v) is 5.41. The van der Waals surface area contributed by atoms with E-state index in [1.165, 1.54) is 4.90 Å². The van der Waals surface area contributed by atoms with Crippen LogP contribution in [-0.2, 0) is 14.3 Å². The standard InChI is InChI=1S/C15H13NO4/c17-8-15-7-6-10(20-15)11-12(15)14(19)16(13(11)18)9-4-2-1-3-5-9/h1-7,10-12,17H,8H2/t10-,11-,12-,15+/m1/s1. The van der Waals surface area contributed by atoms with Crippen molar-refractivity contribution in [1.82, 2.24) is 0 Å². The first-order valence-electron chi connectivity index (χ1n) is 6.59. The quantitative estimate of drug-likeness (QED) is 0.628. The number of ether oxygens (including phenoxy) is 1. The molecule has 2 amide bonds. The van der Waals surface area contributed by atoms with Gasteiger partial charge in [0.05, 0.1) is 30.2 Å². The maximum atomic E-state index is 12.6. The lowest BCUT2D eigenvalue weighted by molar-refractivity contribution is -0.128. The number of hydrogen-bond donors (Lipinski definition) is 1. The molecule has 102 valence electrons. The SMILES string of the molecule is O=C1[C@@H]2[C@H]3C=C[C@@](CO)(O3)[C@H]2C(=O)N1c1ccccc1. The zero-order chi connectivity index (χ0) is 13.9. The van der Waals surface area contributed by atoms with E-state index in [2.05, 4.69) is 0 Å². The molecule has 0 aliphatic carbocycles. The molecular weight excluding hydrogens is 258 g/mol. The second-order valence-electron chi connectivity index (χ2n) is 5.41. The molecule has 3 aliphatic heterocycles. The summed E-state index contributed by atoms with van der Waals surface area (Å²) in [5.41, 5.74) is -0.449. The summed E-state index contributed by atoms with van der Waals surface area (Å²) in [5, 5.41) is 9.59. The fourth-order valence-electron chi connectivity index (χ4n) is 3.52. The summed E-state index contributed by atoms with van der Waals surface area (Å²) in [4.78, 5) is 26.4. The molecule has 20 heavy (non-hydrogen) atoms. The fraction of sp³-hybridized carbons (Fsp3) is 0.333. The molecule has 4 rings (SSSR count). The summed E-state index contributed by atoms with van der Waals surface area (Å²) in [6, 6.07) is 8.88. The molecule has 1 aromatic rings. The number of imide groups is 1. The van der Waals surface area contributed by atoms with Crippen LogP contribution in [0.3, 0.4) is 0 Å². The summed E-state index contributed by atoms with van der Waals surface area (Å²) in [6.07, 6.45) is 3.09. The van der Waals surface area contributed by atoms with Gasteiger partial charge in [0.25, 0.3) is 0 Å². The van der Waals surface area contributed by atoms with Crippen molar-refractivity contribution in [2.45, 2.75) is 11.7 Å². The van der Waals surface area contributed by atoms with Gasteiger partial charge >= 0.3 is 0 Å². The van der Waals surface area contributed by atoms with Crippen LogP contribution in [0.25, 0.3) is 0 Å². The Kier molecular flexibility index (Phi) is 2.23. The Morgan fingerprint density at radius 3 is 2.65 bits per heavy atom. The molecule has 0 aromatic heterocycles. The molecular formula is C15H13NO4. The number of nitrogens with zero attached hydrogens (tertiary/aromatic N) is 1. The average molecular weight is 271 g/mol. The number of hydrogen-bond acceptors (Lipinski definition) is 4. The molecule has 5 nitrogen and oxygen atoms in total. The van der Waals surface area contributed by atoms with Gasteiger partial charge in [-0.3, -0.25) is 9.59 Å². The zero-order valence-corrected chi connectivity index (χ0v) is 10.6. The van der Waals surface area contributed by atoms with E-state index in [1.54, 1.807) is 36.4 Å². The lowest BCUT2D eigenvalue weighted by Gasteiger charge is -2.26. The fourth-order valence-corrected chi connectivity index (χ4v) is 3.52. The average Bonchev–Trinajstić information content (AvgIpc) is 3.11. The number of anilines is 1. The maximum Gasteiger partial charge on any atom is 0.241 e. The van der Waals surface area contributed by atoms with Gasteiger partial charge in [0.2, 0.25) is 11.8 Å². The highest BCUT2D eigenvalue weighted by atomic mass is 16.5. The highest BCUT2D eigenvalue weighted by molar-refractivity contribution is 6.23. The maximum absolute atomic E-state index is 12.6. The van der Waals surface area contributed by atoms with Gasteiger partial charge < -0.3 is 9.84 Å². The third kappa shape index (κ3) is 1.24. The number of carbonyl (C=O) groups is 2. The van der Waals surface area contributed by atoms with E-state index < -0.39 is 23.5 Å². The van der Waals surface area contributed by atoms with Crippen molar-refractivity contribution in [3.8, 4) is 0 Å². The van der Waals surface area contributed by atoms with Crippen LogP contribution < -0.4 is 4.90 Å². The van der Waals surface area contributed by atoms with E-state index in [9.17, 15) is 14.7 Å². The van der Waals surface area contributed by atoms with E-state index >= 15 is 0 Å². The third-order valence-corrected chi connectivity index (χ3v) is 4.42. The molecule has 3 heterocycles. The van der Waals surface area contributed by atoms with Crippen molar-refractivity contribution in [3.63, 3.8) is 0 Å². The van der Waals surface area contributed by atoms with Crippen LogP contribution in [0.2, 0.25) is 0 Å². The van der Waals surface area contributed by atoms with Gasteiger partial charge in [-0.05, 0) is 12.1 Å². The minimum atomic E-state index is -1.02. The Morgan fingerprint density at radius 1 is 1.20 bits per heavy atom. The lowest BCUT2D eigenvalue weighted by Crippen LogP contribution is -2.43. The topological polar surface area (TPSA) is 66.8 Å². The summed E-state index contributed by atoms with van der Waals surface area (Å²) < 4.78 is 5.67. The zero-order valence-electron chi connectivity index (χ0n) is 10.6. The van der Waals surface area contributed by atoms with Crippen molar-refractivity contribution in [2.75, 3.05) is 11.5 Å². The number of amides is 2. The molecule has 0 radical (unpaired) electrons. The highest BCUT2D eigenvalue weighted by Gasteiger charge is 2.67. The first-order valence-corrected chi connectivity index (χ1v) is 6.59. The number of para-hydroxylation sites is 1. The number of aliphatic hydroxyl groups is 1. The van der Waals surface area contributed by atoms with Crippen LogP contribution in [-0.4, -0.2) is 35.2 Å². The number of carbonyl (C=O) groups excluding carboxylic acids is 2. The summed E-state index contributed by atoms with van der Waals surface area (Å²) in [7, 11) is 0. The largest absolute Gasteiger partial charge is 0.393 e. The molecule has 4 atom stereocenters. The van der Waals surface area contributed by atoms with Crippen LogP contribution in [0.5, 0.6) is 0 Å². The molecule has 1 aromatic carbocycles. The van der Waals surface area contributed by atoms with E-state index in [-0.39, 0.29) is 18.4 Å². The van der Waals surface area contributed by atoms with E-state index in [0.717, 1.165) is 0 Å². The lowest BCUT2D eigenvalue weighted by atomic mass is 9.77. The van der Waals surface area contributed by atoms with Crippen molar-refractivity contribution in [1.29, 1.82) is 0 Å². The van der Waals surface area contributed by atoms with E-state index in [4.69, 9.17) is 4.74 Å². The van der Waals surface area contributed by atoms with Gasteiger partial charge in [-0.15, -0.1) is 0 Å². The van der Waals surface area contributed by atoms with E-state index in [1.807, 2.05) is 6.07 Å². The van der Waals surface area contributed by atoms with Crippen LogP contribution in [0.1, 0.15) is 0 Å². The van der Waals surface area contributed by atoms with Crippen molar-refractivity contribution in [2.24, 2.45) is 11.8 Å². The molecule has 1 N–H and O–H groups in total. The molecule has 2 saturated heterocycles. The molecule has 0 unspecified atom stereocenters. The number of aliphatic hydroxyl groups excluding tert-OH is 1. The minimum absolute atomic E-state index is 0.240. The van der Waals surface area contributed by atoms with Crippen molar-refractivity contribution in [3.05, 3.63) is 42.5 Å². The molecule has 5 heteroatoms. The summed E-state index contributed by atoms with van der Waals surface area (Å²) in [6.45, 7) is -0.289. The predicted molar refractivity (Wildman–Crippen MR) is 69.7 cm³/mol. The first kappa shape index (κ1) is 11.8. The second kappa shape index (κ2) is 3.77. The monoisotopic (exact) mass is 271 g/mol. The van der Waals surface area contributed by atoms with Gasteiger partial charge in [0.1, 0.15) is 5.60 Å². The van der Waals surface area contributed by atoms with Crippen LogP contribution in [0, 0.1) is 11.8 Å². The third-order valence-electron chi connectivity index (χ3n) is 4.42. The smallest absolute Gasteiger partial charge is 0.241 e. The normalized spacial score (nSPS) is 37.9. The minimum Gasteiger partial charge on any atom is -0.393 e. The summed E-state index contributed by atoms with van der Waals surface area (Å²) in [5.74, 6) is -1.65. The van der Waals surface area contributed by atoms with Crippen LogP contribution in [0.4, 0.5) is 5.69 Å². The predicted octanol–water partition coefficient (Wildman–Crippen LogP) is 0.492. The number of benzene rings is 1. The van der Waals surface area contributed by atoms with Gasteiger partial charge in [-0.25, -0.2) is 4.90 Å². The van der Waals surface area contributed by atoms with E-state index in [0.29, 0.717) is 5.69 Å². The molecule has 0 spiro atoms. The van der Waals surface area contributed by atoms with Gasteiger partial charge in [-0.1, -0.05) is 30.4 Å². The van der Waals surface area contributed by atoms with Gasteiger partial charge in [0, 0.05) is 0 Å². The molecule has 3 aliphatic rings. The first-order chi connectivity index (χ1) is 9.68. The van der Waals surface area contributed by atoms with Crippen molar-refractivity contribution < 1.29 is 19.4 Å². The Bertz CT molecular complexity index is 626. The molecule has 2 bridgehead atoms. The number of rotatable bonds is 2. The van der Waals surface area contributed by atoms with Crippen LogP contribution >= 0.6 is 0 Å². The Morgan fingerprint density at radius 2 is 1.95 bits per heavy atom. The van der Waals surface area contributed by atoms with Crippen LogP contribution in [0.15, 0.2) is 42.5 Å².